The molecule has 0 bridgehead atoms. The largest absolute Gasteiger partial charge is 0.376 e. The summed E-state index contributed by atoms with van der Waals surface area (Å²) in [5.41, 5.74) is 9.46. The van der Waals surface area contributed by atoms with Gasteiger partial charge in [-0.25, -0.2) is 24.5 Å². The number of hydrogen-bond acceptors (Lipinski definition) is 7. The highest BCUT2D eigenvalue weighted by Gasteiger charge is 2.18. The number of fused-ring (bicyclic) bond motifs is 2. The van der Waals surface area contributed by atoms with Crippen LogP contribution in [0.2, 0.25) is 0 Å². The maximum absolute atomic E-state index is 5.68. The Bertz CT molecular complexity index is 1860. The van der Waals surface area contributed by atoms with Gasteiger partial charge in [0.25, 0.3) is 0 Å². The highest BCUT2D eigenvalue weighted by Crippen LogP contribution is 2.31. The molecule has 0 spiro atoms. The van der Waals surface area contributed by atoms with E-state index in [0.717, 1.165) is 83.3 Å². The third kappa shape index (κ3) is 4.87. The van der Waals surface area contributed by atoms with Crippen LogP contribution in [-0.2, 0) is 17.8 Å². The van der Waals surface area contributed by atoms with Gasteiger partial charge in [0.1, 0.15) is 5.69 Å². The molecule has 1 aliphatic heterocycles. The molecule has 6 aromatic rings. The smallest absolute Gasteiger partial charge is 0.160 e. The van der Waals surface area contributed by atoms with Crippen molar-refractivity contribution in [3.63, 3.8) is 0 Å². The normalized spacial score (nSPS) is 16.1. The molecule has 9 nitrogen and oxygen atoms in total. The minimum absolute atomic E-state index is 0.290. The van der Waals surface area contributed by atoms with Crippen LogP contribution in [0.4, 0.5) is 0 Å². The molecule has 0 radical (unpaired) electrons. The highest BCUT2D eigenvalue weighted by molar-refractivity contribution is 5.93. The van der Waals surface area contributed by atoms with E-state index >= 15 is 0 Å². The van der Waals surface area contributed by atoms with Crippen molar-refractivity contribution in [3.05, 3.63) is 84.7 Å². The highest BCUT2D eigenvalue weighted by atomic mass is 16.5. The number of aromatic nitrogens is 7. The van der Waals surface area contributed by atoms with Gasteiger partial charge in [0, 0.05) is 55.1 Å². The average molecular weight is 545 g/mol. The second-order valence-corrected chi connectivity index (χ2v) is 10.7. The first-order chi connectivity index (χ1) is 20.1. The number of hydrogen-bond donors (Lipinski definition) is 0. The molecule has 1 saturated heterocycles. The quantitative estimate of drug-likeness (QED) is 0.277. The van der Waals surface area contributed by atoms with Crippen molar-refractivity contribution in [2.75, 3.05) is 19.7 Å². The third-order valence-corrected chi connectivity index (χ3v) is 7.81. The molecule has 0 unspecified atom stereocenters. The molecule has 41 heavy (non-hydrogen) atoms. The SMILES string of the molecule is CCn1cnc(-c2ccc3c(-c4cnc5cc(-c6ccc(CN7CCO[C@@H](C)C7)cc6)c(C)nn45)ccnc3n2)c1. The predicted octanol–water partition coefficient (Wildman–Crippen LogP) is 5.42. The zero-order chi connectivity index (χ0) is 27.9. The topological polar surface area (TPSA) is 86.3 Å². The zero-order valence-corrected chi connectivity index (χ0v) is 23.5. The van der Waals surface area contributed by atoms with Gasteiger partial charge in [0.15, 0.2) is 11.3 Å². The van der Waals surface area contributed by atoms with E-state index in [-0.39, 0.29) is 6.10 Å². The standard InChI is InChI=1S/C32H32N8O/c1-4-38-19-29(35-20-38)28-10-9-26-25(11-12-33-32(26)36-28)30-16-34-31-15-27(22(3)37-40(30)31)24-7-5-23(6-8-24)18-39-13-14-41-21(2)17-39/h5-12,15-16,19-21H,4,13-14,17-18H2,1-3H3/t21-/m0/s1. The van der Waals surface area contributed by atoms with Gasteiger partial charge >= 0.3 is 0 Å². The Labute approximate surface area is 238 Å². The predicted molar refractivity (Wildman–Crippen MR) is 159 cm³/mol. The molecule has 206 valence electrons. The van der Waals surface area contributed by atoms with Crippen LogP contribution >= 0.6 is 0 Å². The molecular formula is C32H32N8O. The van der Waals surface area contributed by atoms with Crippen LogP contribution in [0, 0.1) is 6.92 Å². The molecule has 0 saturated carbocycles. The van der Waals surface area contributed by atoms with Gasteiger partial charge in [-0.3, -0.25) is 4.90 Å². The molecule has 0 aliphatic carbocycles. The van der Waals surface area contributed by atoms with Crippen LogP contribution in [0.1, 0.15) is 25.1 Å². The van der Waals surface area contributed by atoms with Gasteiger partial charge in [-0.2, -0.15) is 5.10 Å². The van der Waals surface area contributed by atoms with E-state index in [1.165, 1.54) is 5.56 Å². The molecule has 0 amide bonds. The first-order valence-corrected chi connectivity index (χ1v) is 14.1. The van der Waals surface area contributed by atoms with Gasteiger partial charge < -0.3 is 9.30 Å². The monoisotopic (exact) mass is 544 g/mol. The summed E-state index contributed by atoms with van der Waals surface area (Å²) in [6.07, 6.45) is 7.79. The summed E-state index contributed by atoms with van der Waals surface area (Å²) < 4.78 is 9.63. The zero-order valence-electron chi connectivity index (χ0n) is 23.5. The van der Waals surface area contributed by atoms with E-state index in [2.05, 4.69) is 72.0 Å². The van der Waals surface area contributed by atoms with Crippen molar-refractivity contribution in [3.8, 4) is 33.8 Å². The lowest BCUT2D eigenvalue weighted by atomic mass is 10.0. The fourth-order valence-electron chi connectivity index (χ4n) is 5.62. The number of nitrogens with zero attached hydrogens (tertiary/aromatic N) is 8. The van der Waals surface area contributed by atoms with Crippen molar-refractivity contribution < 1.29 is 4.74 Å². The van der Waals surface area contributed by atoms with Crippen LogP contribution in [0.25, 0.3) is 50.5 Å². The van der Waals surface area contributed by atoms with Gasteiger partial charge in [-0.1, -0.05) is 24.3 Å². The van der Waals surface area contributed by atoms with Gasteiger partial charge in [-0.05, 0) is 56.2 Å². The lowest BCUT2D eigenvalue weighted by Gasteiger charge is -2.31. The number of ether oxygens (including phenoxy) is 1. The average Bonchev–Trinajstić information content (AvgIpc) is 3.64. The Hall–Kier alpha value is -4.47. The first-order valence-electron chi connectivity index (χ1n) is 14.1. The maximum atomic E-state index is 5.68. The lowest BCUT2D eigenvalue weighted by Crippen LogP contribution is -2.40. The summed E-state index contributed by atoms with van der Waals surface area (Å²) in [5, 5.41) is 5.92. The van der Waals surface area contributed by atoms with Crippen molar-refractivity contribution in [1.29, 1.82) is 0 Å². The summed E-state index contributed by atoms with van der Waals surface area (Å²) in [4.78, 5) is 21.1. The number of pyridine rings is 2. The number of morpholine rings is 1. The number of rotatable bonds is 6. The van der Waals surface area contributed by atoms with E-state index in [4.69, 9.17) is 19.8 Å². The van der Waals surface area contributed by atoms with Crippen LogP contribution in [-0.4, -0.2) is 64.8 Å². The van der Waals surface area contributed by atoms with Crippen LogP contribution in [0.15, 0.2) is 73.4 Å². The number of imidazole rings is 2. The molecule has 9 heteroatoms. The molecule has 5 aromatic heterocycles. The summed E-state index contributed by atoms with van der Waals surface area (Å²) in [6.45, 7) is 10.8. The second kappa shape index (κ2) is 10.5. The first kappa shape index (κ1) is 25.5. The van der Waals surface area contributed by atoms with Crippen molar-refractivity contribution >= 4 is 16.7 Å². The Balaban J connectivity index is 1.19. The van der Waals surface area contributed by atoms with Gasteiger partial charge in [0.2, 0.25) is 0 Å². The van der Waals surface area contributed by atoms with Crippen molar-refractivity contribution in [2.45, 2.75) is 40.0 Å². The second-order valence-electron chi connectivity index (χ2n) is 10.7. The minimum atomic E-state index is 0.290. The Morgan fingerprint density at radius 1 is 0.976 bits per heavy atom. The van der Waals surface area contributed by atoms with Crippen LogP contribution < -0.4 is 0 Å². The van der Waals surface area contributed by atoms with E-state index in [1.54, 1.807) is 6.20 Å². The third-order valence-electron chi connectivity index (χ3n) is 7.81. The van der Waals surface area contributed by atoms with Crippen molar-refractivity contribution in [2.24, 2.45) is 0 Å². The fourth-order valence-corrected chi connectivity index (χ4v) is 5.62. The fraction of sp³-hybridized carbons (Fsp3) is 0.281. The minimum Gasteiger partial charge on any atom is -0.376 e. The van der Waals surface area contributed by atoms with E-state index in [0.29, 0.717) is 5.65 Å². The van der Waals surface area contributed by atoms with Crippen molar-refractivity contribution in [1.82, 2.24) is 39.0 Å². The summed E-state index contributed by atoms with van der Waals surface area (Å²) in [5.74, 6) is 0. The van der Waals surface area contributed by atoms with Gasteiger partial charge in [0.05, 0.1) is 42.3 Å². The summed E-state index contributed by atoms with van der Waals surface area (Å²) >= 11 is 0. The number of aryl methyl sites for hydroxylation is 2. The molecular weight excluding hydrogens is 512 g/mol. The molecule has 7 rings (SSSR count). The maximum Gasteiger partial charge on any atom is 0.160 e. The molecule has 1 aliphatic rings. The van der Waals surface area contributed by atoms with Crippen LogP contribution in [0.5, 0.6) is 0 Å². The molecule has 0 N–H and O–H groups in total. The summed E-state index contributed by atoms with van der Waals surface area (Å²) in [6, 6.07) is 17.0. The molecule has 1 atom stereocenters. The van der Waals surface area contributed by atoms with Gasteiger partial charge in [-0.15, -0.1) is 0 Å². The molecule has 6 heterocycles. The summed E-state index contributed by atoms with van der Waals surface area (Å²) in [7, 11) is 0. The molecule has 1 aromatic carbocycles. The van der Waals surface area contributed by atoms with Crippen LogP contribution in [0.3, 0.4) is 0 Å². The van der Waals surface area contributed by atoms with E-state index < -0.39 is 0 Å². The Morgan fingerprint density at radius 2 is 1.85 bits per heavy atom. The molecule has 1 fully saturated rings. The number of benzene rings is 1. The Kier molecular flexibility index (Phi) is 6.53. The van der Waals surface area contributed by atoms with E-state index in [1.807, 2.05) is 39.9 Å². The van der Waals surface area contributed by atoms with E-state index in [9.17, 15) is 0 Å². The lowest BCUT2D eigenvalue weighted by molar-refractivity contribution is -0.0212. The Morgan fingerprint density at radius 3 is 2.66 bits per heavy atom.